The zero-order chi connectivity index (χ0) is 7.11. The summed E-state index contributed by atoms with van der Waals surface area (Å²) in [5.74, 6) is -0.330. The molecular weight excluding hydrogens is 211 g/mol. The summed E-state index contributed by atoms with van der Waals surface area (Å²) in [5.41, 5.74) is 0. The molecule has 0 saturated carbocycles. The van der Waals surface area contributed by atoms with E-state index in [0.717, 1.165) is 12.8 Å². The van der Waals surface area contributed by atoms with Crippen molar-refractivity contribution in [3.8, 4) is 0 Å². The summed E-state index contributed by atoms with van der Waals surface area (Å²) in [4.78, 5) is 10.3. The first-order chi connectivity index (χ1) is 4.31. The van der Waals surface area contributed by atoms with E-state index in [-0.39, 0.29) is 29.5 Å². The molecule has 0 radical (unpaired) electrons. The van der Waals surface area contributed by atoms with Crippen molar-refractivity contribution in [1.29, 1.82) is 0 Å². The van der Waals surface area contributed by atoms with Crippen molar-refractivity contribution in [2.45, 2.75) is 19.8 Å². The van der Waals surface area contributed by atoms with Crippen LogP contribution in [0.2, 0.25) is 0 Å². The number of hydrogen-bond donors (Lipinski definition) is 0. The second-order valence-electron chi connectivity index (χ2n) is 1.73. The van der Waals surface area contributed by atoms with Gasteiger partial charge in [-0.15, -0.1) is 0 Å². The number of carbonyl (C=O) groups is 1. The first-order valence-electron chi connectivity index (χ1n) is 3.10. The lowest BCUT2D eigenvalue weighted by atomic mass is 10.4. The highest BCUT2D eigenvalue weighted by molar-refractivity contribution is 5.81. The van der Waals surface area contributed by atoms with Crippen LogP contribution >= 0.6 is 0 Å². The molecule has 0 atom stereocenters. The van der Waals surface area contributed by atoms with Gasteiger partial charge < -0.3 is 4.74 Å². The molecule has 0 amide bonds. The van der Waals surface area contributed by atoms with Gasteiger partial charge in [0, 0.05) is 6.08 Å². The summed E-state index contributed by atoms with van der Waals surface area (Å²) in [6.07, 6.45) is 3.15. The van der Waals surface area contributed by atoms with Gasteiger partial charge in [-0.05, 0) is 6.42 Å². The molecule has 92 valence electrons. The standard InChI is InChI=1S/C7H12O2.5FH/c1-3-5-6-9-7(8)4-2;;;;;/h4H,2-3,5-6H2,1H3;5*1H. The minimum atomic E-state index is -0.330. The number of unbranched alkanes of at least 4 members (excludes halogenated alkanes) is 1. The maximum Gasteiger partial charge on any atom is 0.330 e. The topological polar surface area (TPSA) is 26.3 Å². The van der Waals surface area contributed by atoms with E-state index in [1.165, 1.54) is 6.08 Å². The number of halogens is 5. The molecule has 0 unspecified atom stereocenters. The molecule has 0 aromatic rings. The summed E-state index contributed by atoms with van der Waals surface area (Å²) in [6, 6.07) is 0. The van der Waals surface area contributed by atoms with E-state index >= 15 is 0 Å². The normalized spacial score (nSPS) is 5.50. The van der Waals surface area contributed by atoms with Crippen LogP contribution in [-0.4, -0.2) is 12.6 Å². The van der Waals surface area contributed by atoms with Crippen LogP contribution in [0.25, 0.3) is 0 Å². The molecule has 0 aliphatic heterocycles. The molecule has 0 aliphatic rings. The average Bonchev–Trinajstić information content (AvgIpc) is 1.89. The van der Waals surface area contributed by atoms with E-state index in [1.54, 1.807) is 0 Å². The van der Waals surface area contributed by atoms with Crippen LogP contribution in [0.4, 0.5) is 23.5 Å². The van der Waals surface area contributed by atoms with E-state index in [1.807, 2.05) is 6.92 Å². The Morgan fingerprint density at radius 3 is 1.93 bits per heavy atom. The molecule has 0 fully saturated rings. The lowest BCUT2D eigenvalue weighted by Crippen LogP contribution is -2.00. The van der Waals surface area contributed by atoms with Crippen molar-refractivity contribution in [3.05, 3.63) is 12.7 Å². The van der Waals surface area contributed by atoms with Gasteiger partial charge in [0.2, 0.25) is 0 Å². The molecule has 7 heteroatoms. The lowest BCUT2D eigenvalue weighted by Gasteiger charge is -1.97. The Hall–Kier alpha value is -1.14. The van der Waals surface area contributed by atoms with Crippen LogP contribution in [0.1, 0.15) is 19.8 Å². The maximum atomic E-state index is 10.3. The average molecular weight is 228 g/mol. The summed E-state index contributed by atoms with van der Waals surface area (Å²) >= 11 is 0. The number of ether oxygens (including phenoxy) is 1. The number of rotatable bonds is 4. The molecular formula is C7H17F5O2. The van der Waals surface area contributed by atoms with Gasteiger partial charge in [-0.1, -0.05) is 19.9 Å². The first-order valence-corrected chi connectivity index (χ1v) is 3.10. The molecule has 0 spiro atoms. The van der Waals surface area contributed by atoms with Gasteiger partial charge in [0.05, 0.1) is 6.61 Å². The van der Waals surface area contributed by atoms with Crippen molar-refractivity contribution >= 4 is 5.97 Å². The molecule has 0 rings (SSSR count). The van der Waals surface area contributed by atoms with Crippen molar-refractivity contribution < 1.29 is 33.1 Å². The van der Waals surface area contributed by atoms with E-state index in [2.05, 4.69) is 11.3 Å². The van der Waals surface area contributed by atoms with E-state index in [9.17, 15) is 4.79 Å². The fourth-order valence-corrected chi connectivity index (χ4v) is 0.376. The van der Waals surface area contributed by atoms with Gasteiger partial charge in [-0.25, -0.2) is 4.79 Å². The molecule has 0 saturated heterocycles. The molecule has 14 heavy (non-hydrogen) atoms. The van der Waals surface area contributed by atoms with Crippen LogP contribution in [0, 0.1) is 0 Å². The van der Waals surface area contributed by atoms with Gasteiger partial charge in [0.1, 0.15) is 0 Å². The lowest BCUT2D eigenvalue weighted by molar-refractivity contribution is -0.137. The third-order valence-corrected chi connectivity index (χ3v) is 0.909. The molecule has 2 nitrogen and oxygen atoms in total. The van der Waals surface area contributed by atoms with Crippen molar-refractivity contribution in [2.24, 2.45) is 0 Å². The Labute approximate surface area is 79.2 Å². The SMILES string of the molecule is C=CC(=O)OCCCC.F.F.F.F.F. The first kappa shape index (κ1) is 38.4. The summed E-state index contributed by atoms with van der Waals surface area (Å²) in [6.45, 7) is 5.82. The second-order valence-corrected chi connectivity index (χ2v) is 1.73. The predicted octanol–water partition coefficient (Wildman–Crippen LogP) is 2.28. The van der Waals surface area contributed by atoms with Crippen LogP contribution in [0.15, 0.2) is 12.7 Å². The molecule has 0 aromatic heterocycles. The van der Waals surface area contributed by atoms with E-state index < -0.39 is 0 Å². The predicted molar refractivity (Wildman–Crippen MR) is 48.6 cm³/mol. The molecule has 0 heterocycles. The van der Waals surface area contributed by atoms with Crippen LogP contribution in [0.3, 0.4) is 0 Å². The van der Waals surface area contributed by atoms with E-state index in [4.69, 9.17) is 0 Å². The Kier molecular flexibility index (Phi) is 81.6. The van der Waals surface area contributed by atoms with Crippen molar-refractivity contribution in [1.82, 2.24) is 0 Å². The van der Waals surface area contributed by atoms with Gasteiger partial charge in [-0.2, -0.15) is 0 Å². The Balaban J connectivity index is -0.0000000320. The van der Waals surface area contributed by atoms with Gasteiger partial charge in [0.25, 0.3) is 0 Å². The number of esters is 1. The Morgan fingerprint density at radius 1 is 1.21 bits per heavy atom. The quantitative estimate of drug-likeness (QED) is 0.319. The summed E-state index contributed by atoms with van der Waals surface area (Å²) < 4.78 is 4.67. The van der Waals surface area contributed by atoms with Gasteiger partial charge in [-0.3, -0.25) is 23.5 Å². The Morgan fingerprint density at radius 2 is 1.64 bits per heavy atom. The summed E-state index contributed by atoms with van der Waals surface area (Å²) in [7, 11) is 0. The monoisotopic (exact) mass is 228 g/mol. The van der Waals surface area contributed by atoms with Gasteiger partial charge in [0.15, 0.2) is 0 Å². The fourth-order valence-electron chi connectivity index (χ4n) is 0.376. The zero-order valence-electron chi connectivity index (χ0n) is 7.76. The molecule has 0 bridgehead atoms. The summed E-state index contributed by atoms with van der Waals surface area (Å²) in [5, 5.41) is 0. The van der Waals surface area contributed by atoms with Crippen molar-refractivity contribution in [2.75, 3.05) is 6.61 Å². The zero-order valence-corrected chi connectivity index (χ0v) is 7.76. The third kappa shape index (κ3) is 30.7. The highest BCUT2D eigenvalue weighted by Crippen LogP contribution is 1.88. The second kappa shape index (κ2) is 29.7. The molecule has 0 N–H and O–H groups in total. The number of hydrogen-bond acceptors (Lipinski definition) is 2. The smallest absolute Gasteiger partial charge is 0.330 e. The van der Waals surface area contributed by atoms with Gasteiger partial charge >= 0.3 is 5.97 Å². The third-order valence-electron chi connectivity index (χ3n) is 0.909. The van der Waals surface area contributed by atoms with Crippen molar-refractivity contribution in [3.63, 3.8) is 0 Å². The van der Waals surface area contributed by atoms with Crippen LogP contribution < -0.4 is 0 Å². The largest absolute Gasteiger partial charge is 0.463 e. The minimum absolute atomic E-state index is 0. The number of carbonyl (C=O) groups excluding carboxylic acids is 1. The molecule has 0 aliphatic carbocycles. The van der Waals surface area contributed by atoms with Crippen LogP contribution in [-0.2, 0) is 9.53 Å². The minimum Gasteiger partial charge on any atom is -0.463 e. The maximum absolute atomic E-state index is 10.3. The Bertz CT molecular complexity index is 110. The van der Waals surface area contributed by atoms with E-state index in [0.29, 0.717) is 6.61 Å². The fraction of sp³-hybridized carbons (Fsp3) is 0.571. The highest BCUT2D eigenvalue weighted by atomic mass is 19.0. The highest BCUT2D eigenvalue weighted by Gasteiger charge is 1.91. The molecule has 0 aromatic carbocycles. The van der Waals surface area contributed by atoms with Crippen LogP contribution in [0.5, 0.6) is 0 Å².